The average molecular weight is 196 g/mol. The van der Waals surface area contributed by atoms with Gasteiger partial charge in [0.1, 0.15) is 17.1 Å². The Morgan fingerprint density at radius 3 is 2.50 bits per heavy atom. The number of hydrogen-bond acceptors (Lipinski definition) is 4. The molecule has 1 aromatic carbocycles. The van der Waals surface area contributed by atoms with Gasteiger partial charge in [-0.1, -0.05) is 6.92 Å². The van der Waals surface area contributed by atoms with Crippen molar-refractivity contribution in [2.75, 3.05) is 7.11 Å². The number of benzene rings is 1. The highest BCUT2D eigenvalue weighted by atomic mass is 16.5. The number of rotatable bonds is 2. The lowest BCUT2D eigenvalue weighted by Gasteiger charge is -2.06. The Hall–Kier alpha value is -1.71. The van der Waals surface area contributed by atoms with Gasteiger partial charge in [-0.25, -0.2) is 4.79 Å². The molecule has 0 saturated heterocycles. The summed E-state index contributed by atoms with van der Waals surface area (Å²) < 4.78 is 4.48. The van der Waals surface area contributed by atoms with Crippen LogP contribution in [0.2, 0.25) is 0 Å². The molecule has 1 aromatic rings. The fraction of sp³-hybridized carbons (Fsp3) is 0.300. The normalized spacial score (nSPS) is 9.86. The zero-order valence-corrected chi connectivity index (χ0v) is 8.07. The van der Waals surface area contributed by atoms with E-state index in [2.05, 4.69) is 4.74 Å². The minimum atomic E-state index is -0.614. The van der Waals surface area contributed by atoms with Gasteiger partial charge in [-0.05, 0) is 18.1 Å². The molecule has 0 heterocycles. The fourth-order valence-electron chi connectivity index (χ4n) is 1.18. The van der Waals surface area contributed by atoms with E-state index in [9.17, 15) is 15.0 Å². The molecule has 76 valence electrons. The van der Waals surface area contributed by atoms with E-state index in [1.165, 1.54) is 13.2 Å². The van der Waals surface area contributed by atoms with Crippen LogP contribution in [0.5, 0.6) is 11.5 Å². The predicted molar refractivity (Wildman–Crippen MR) is 50.5 cm³/mol. The molecule has 14 heavy (non-hydrogen) atoms. The summed E-state index contributed by atoms with van der Waals surface area (Å²) in [6.45, 7) is 1.84. The first-order valence-electron chi connectivity index (χ1n) is 4.23. The van der Waals surface area contributed by atoms with Gasteiger partial charge in [-0.15, -0.1) is 0 Å². The number of aromatic hydroxyl groups is 2. The Morgan fingerprint density at radius 2 is 2.00 bits per heavy atom. The van der Waals surface area contributed by atoms with Gasteiger partial charge in [0, 0.05) is 6.07 Å². The Bertz CT molecular complexity index is 357. The van der Waals surface area contributed by atoms with Gasteiger partial charge in [0.15, 0.2) is 0 Å². The first kappa shape index (κ1) is 10.4. The van der Waals surface area contributed by atoms with E-state index < -0.39 is 5.97 Å². The van der Waals surface area contributed by atoms with Crippen molar-refractivity contribution in [2.24, 2.45) is 0 Å². The van der Waals surface area contributed by atoms with Gasteiger partial charge in [0.25, 0.3) is 0 Å². The standard InChI is InChI=1S/C10H12O4/c1-3-6-4-7(10(13)14-2)9(12)5-8(6)11/h4-5,11-12H,3H2,1-2H3. The highest BCUT2D eigenvalue weighted by Crippen LogP contribution is 2.28. The molecular weight excluding hydrogens is 184 g/mol. The number of phenolic OH excluding ortho intramolecular Hbond substituents is 2. The third-order valence-corrected chi connectivity index (χ3v) is 1.98. The summed E-state index contributed by atoms with van der Waals surface area (Å²) in [5.41, 5.74) is 0.672. The lowest BCUT2D eigenvalue weighted by molar-refractivity contribution is 0.0597. The van der Waals surface area contributed by atoms with Crippen LogP contribution in [0, 0.1) is 0 Å². The van der Waals surface area contributed by atoms with Crippen LogP contribution < -0.4 is 0 Å². The lowest BCUT2D eigenvalue weighted by Crippen LogP contribution is -2.02. The summed E-state index contributed by atoms with van der Waals surface area (Å²) in [6, 6.07) is 2.57. The molecule has 4 heteroatoms. The number of carbonyl (C=O) groups is 1. The molecule has 0 radical (unpaired) electrons. The van der Waals surface area contributed by atoms with Gasteiger partial charge in [0.05, 0.1) is 7.11 Å². The van der Waals surface area contributed by atoms with Crippen molar-refractivity contribution in [3.8, 4) is 11.5 Å². The topological polar surface area (TPSA) is 66.8 Å². The molecule has 0 spiro atoms. The maximum atomic E-state index is 11.1. The van der Waals surface area contributed by atoms with Crippen LogP contribution >= 0.6 is 0 Å². The van der Waals surface area contributed by atoms with E-state index in [4.69, 9.17) is 0 Å². The van der Waals surface area contributed by atoms with Gasteiger partial charge in [-0.2, -0.15) is 0 Å². The van der Waals surface area contributed by atoms with Crippen LogP contribution in [0.25, 0.3) is 0 Å². The second-order valence-corrected chi connectivity index (χ2v) is 2.84. The number of hydrogen-bond donors (Lipinski definition) is 2. The molecule has 2 N–H and O–H groups in total. The molecule has 1 rings (SSSR count). The zero-order valence-electron chi connectivity index (χ0n) is 8.07. The highest BCUT2D eigenvalue weighted by Gasteiger charge is 2.14. The smallest absolute Gasteiger partial charge is 0.341 e. The number of methoxy groups -OCH3 is 1. The molecular formula is C10H12O4. The number of carbonyl (C=O) groups excluding carboxylic acids is 1. The average Bonchev–Trinajstić information content (AvgIpc) is 2.17. The van der Waals surface area contributed by atoms with Gasteiger partial charge < -0.3 is 14.9 Å². The molecule has 0 saturated carbocycles. The maximum absolute atomic E-state index is 11.1. The number of aryl methyl sites for hydroxylation is 1. The maximum Gasteiger partial charge on any atom is 0.341 e. The molecule has 0 aliphatic heterocycles. The summed E-state index contributed by atoms with van der Waals surface area (Å²) in [4.78, 5) is 11.1. The first-order chi connectivity index (χ1) is 6.60. The summed E-state index contributed by atoms with van der Waals surface area (Å²) in [7, 11) is 1.24. The molecule has 0 amide bonds. The summed E-state index contributed by atoms with van der Waals surface area (Å²) in [5, 5.41) is 18.7. The van der Waals surface area contributed by atoms with Crippen molar-refractivity contribution in [1.82, 2.24) is 0 Å². The number of phenols is 2. The van der Waals surface area contributed by atoms with Crippen LogP contribution in [0.3, 0.4) is 0 Å². The Morgan fingerprint density at radius 1 is 1.36 bits per heavy atom. The molecule has 0 atom stereocenters. The Kier molecular flexibility index (Phi) is 2.96. The van der Waals surface area contributed by atoms with Crippen molar-refractivity contribution < 1.29 is 19.7 Å². The predicted octanol–water partition coefficient (Wildman–Crippen LogP) is 1.45. The second kappa shape index (κ2) is 4.00. The summed E-state index contributed by atoms with van der Waals surface area (Å²) >= 11 is 0. The zero-order chi connectivity index (χ0) is 10.7. The quantitative estimate of drug-likeness (QED) is 0.702. The number of esters is 1. The van der Waals surface area contributed by atoms with E-state index in [0.29, 0.717) is 12.0 Å². The molecule has 0 aromatic heterocycles. The van der Waals surface area contributed by atoms with Crippen molar-refractivity contribution >= 4 is 5.97 Å². The molecule has 0 fully saturated rings. The van der Waals surface area contributed by atoms with Gasteiger partial charge in [-0.3, -0.25) is 0 Å². The Labute approximate surface area is 81.8 Å². The minimum Gasteiger partial charge on any atom is -0.508 e. The molecule has 0 aliphatic carbocycles. The largest absolute Gasteiger partial charge is 0.508 e. The fourth-order valence-corrected chi connectivity index (χ4v) is 1.18. The van der Waals surface area contributed by atoms with Gasteiger partial charge in [0.2, 0.25) is 0 Å². The molecule has 4 nitrogen and oxygen atoms in total. The highest BCUT2D eigenvalue weighted by molar-refractivity contribution is 5.92. The lowest BCUT2D eigenvalue weighted by atomic mass is 10.1. The van der Waals surface area contributed by atoms with E-state index in [1.54, 1.807) is 0 Å². The van der Waals surface area contributed by atoms with Crippen LogP contribution in [0.15, 0.2) is 12.1 Å². The molecule has 0 unspecified atom stereocenters. The van der Waals surface area contributed by atoms with Crippen molar-refractivity contribution in [2.45, 2.75) is 13.3 Å². The number of ether oxygens (including phenoxy) is 1. The van der Waals surface area contributed by atoms with Crippen molar-refractivity contribution in [3.05, 3.63) is 23.3 Å². The molecule has 0 aliphatic rings. The van der Waals surface area contributed by atoms with E-state index >= 15 is 0 Å². The van der Waals surface area contributed by atoms with Crippen LogP contribution in [-0.4, -0.2) is 23.3 Å². The monoisotopic (exact) mass is 196 g/mol. The van der Waals surface area contributed by atoms with E-state index in [0.717, 1.165) is 6.07 Å². The second-order valence-electron chi connectivity index (χ2n) is 2.84. The first-order valence-corrected chi connectivity index (χ1v) is 4.23. The van der Waals surface area contributed by atoms with E-state index in [1.807, 2.05) is 6.92 Å². The summed E-state index contributed by atoms with van der Waals surface area (Å²) in [5.74, 6) is -0.901. The van der Waals surface area contributed by atoms with E-state index in [-0.39, 0.29) is 17.1 Å². The Balaban J connectivity index is 3.24. The third kappa shape index (κ3) is 1.79. The van der Waals surface area contributed by atoms with Gasteiger partial charge >= 0.3 is 5.97 Å². The third-order valence-electron chi connectivity index (χ3n) is 1.98. The van der Waals surface area contributed by atoms with Crippen LogP contribution in [-0.2, 0) is 11.2 Å². The van der Waals surface area contributed by atoms with Crippen LogP contribution in [0.4, 0.5) is 0 Å². The minimum absolute atomic E-state index is 0.0161. The summed E-state index contributed by atoms with van der Waals surface area (Å²) in [6.07, 6.45) is 0.579. The molecule has 0 bridgehead atoms. The van der Waals surface area contributed by atoms with Crippen LogP contribution in [0.1, 0.15) is 22.8 Å². The van der Waals surface area contributed by atoms with Crippen molar-refractivity contribution in [1.29, 1.82) is 0 Å². The SMILES string of the molecule is CCc1cc(C(=O)OC)c(O)cc1O. The van der Waals surface area contributed by atoms with Crippen molar-refractivity contribution in [3.63, 3.8) is 0 Å².